The van der Waals surface area contributed by atoms with Crippen molar-refractivity contribution in [3.8, 4) is 0 Å². The molecule has 0 amide bonds. The molecule has 1 aromatic rings. The Hall–Kier alpha value is -1.43. The van der Waals surface area contributed by atoms with Crippen molar-refractivity contribution in [1.29, 1.82) is 0 Å². The van der Waals surface area contributed by atoms with Crippen molar-refractivity contribution in [2.75, 3.05) is 6.54 Å². The number of sulfonamides is 1. The Balaban J connectivity index is 0.000000381. The minimum absolute atomic E-state index is 0.110. The SMILES string of the molecule is NC(CNS(=O)(=O)c1cccc(Cl)c1F)C1CC1.O=C(O)C(F)(F)F. The van der Waals surface area contributed by atoms with Crippen molar-refractivity contribution in [2.45, 2.75) is 30.0 Å². The van der Waals surface area contributed by atoms with Crippen LogP contribution in [0.4, 0.5) is 17.6 Å². The molecule has 0 heterocycles. The van der Waals surface area contributed by atoms with Crippen LogP contribution in [0.2, 0.25) is 5.02 Å². The van der Waals surface area contributed by atoms with Crippen LogP contribution in [0.5, 0.6) is 0 Å². The predicted molar refractivity (Wildman–Crippen MR) is 81.0 cm³/mol. The number of hydrogen-bond donors (Lipinski definition) is 3. The molecule has 1 saturated carbocycles. The topological polar surface area (TPSA) is 109 Å². The monoisotopic (exact) mass is 406 g/mol. The predicted octanol–water partition coefficient (Wildman–Crippen LogP) is 2.13. The molecular weight excluding hydrogens is 392 g/mol. The van der Waals surface area contributed by atoms with Crippen molar-refractivity contribution in [3.63, 3.8) is 0 Å². The zero-order chi connectivity index (χ0) is 19.4. The second kappa shape index (κ2) is 8.30. The molecule has 0 radical (unpaired) electrons. The van der Waals surface area contributed by atoms with Crippen LogP contribution in [0.3, 0.4) is 0 Å². The molecule has 1 aliphatic carbocycles. The third-order valence-corrected chi connectivity index (χ3v) is 4.92. The Bertz CT molecular complexity index is 723. The highest BCUT2D eigenvalue weighted by Gasteiger charge is 2.38. The summed E-state index contributed by atoms with van der Waals surface area (Å²) >= 11 is 5.55. The van der Waals surface area contributed by atoms with Gasteiger partial charge in [-0.3, -0.25) is 0 Å². The van der Waals surface area contributed by atoms with Gasteiger partial charge in [-0.1, -0.05) is 17.7 Å². The van der Waals surface area contributed by atoms with Crippen LogP contribution in [0.1, 0.15) is 12.8 Å². The summed E-state index contributed by atoms with van der Waals surface area (Å²) in [6, 6.07) is 3.64. The first-order valence-electron chi connectivity index (χ1n) is 6.85. The Morgan fingerprint density at radius 2 is 1.92 bits per heavy atom. The van der Waals surface area contributed by atoms with Gasteiger partial charge in [0.15, 0.2) is 5.82 Å². The van der Waals surface area contributed by atoms with Crippen molar-refractivity contribution in [3.05, 3.63) is 29.0 Å². The number of aliphatic carboxylic acids is 1. The molecule has 142 valence electrons. The minimum Gasteiger partial charge on any atom is -0.475 e. The first kappa shape index (κ1) is 21.6. The molecule has 0 aliphatic heterocycles. The summed E-state index contributed by atoms with van der Waals surface area (Å²) in [4.78, 5) is 8.45. The average Bonchev–Trinajstić information content (AvgIpc) is 3.32. The summed E-state index contributed by atoms with van der Waals surface area (Å²) in [5.41, 5.74) is 5.79. The van der Waals surface area contributed by atoms with E-state index in [1.807, 2.05) is 0 Å². The van der Waals surface area contributed by atoms with Crippen LogP contribution >= 0.6 is 11.6 Å². The van der Waals surface area contributed by atoms with Gasteiger partial charge < -0.3 is 10.8 Å². The van der Waals surface area contributed by atoms with E-state index in [0.717, 1.165) is 12.8 Å². The number of carbonyl (C=O) groups is 1. The maximum Gasteiger partial charge on any atom is 0.490 e. The minimum atomic E-state index is -5.08. The molecule has 2 rings (SSSR count). The molecule has 25 heavy (non-hydrogen) atoms. The third kappa shape index (κ3) is 6.77. The Morgan fingerprint density at radius 3 is 2.36 bits per heavy atom. The fourth-order valence-corrected chi connectivity index (χ4v) is 3.07. The fourth-order valence-electron chi connectivity index (χ4n) is 1.67. The zero-order valence-corrected chi connectivity index (χ0v) is 14.1. The third-order valence-electron chi connectivity index (χ3n) is 3.18. The van der Waals surface area contributed by atoms with E-state index < -0.39 is 32.9 Å². The van der Waals surface area contributed by atoms with E-state index in [4.69, 9.17) is 27.2 Å². The lowest BCUT2D eigenvalue weighted by Crippen LogP contribution is -2.38. The highest BCUT2D eigenvalue weighted by atomic mass is 35.5. The van der Waals surface area contributed by atoms with Gasteiger partial charge >= 0.3 is 12.1 Å². The van der Waals surface area contributed by atoms with Crippen LogP contribution in [-0.2, 0) is 14.8 Å². The van der Waals surface area contributed by atoms with Gasteiger partial charge in [-0.25, -0.2) is 22.3 Å². The standard InChI is InChI=1S/C11H14ClFN2O2S.C2HF3O2/c12-8-2-1-3-10(11(8)13)18(16,17)15-6-9(14)7-4-5-7;3-2(4,5)1(6)7/h1-3,7,9,15H,4-6,14H2;(H,6,7). The number of hydrogen-bond acceptors (Lipinski definition) is 4. The fraction of sp³-hybridized carbons (Fsp3) is 0.462. The molecule has 0 spiro atoms. The molecule has 4 N–H and O–H groups in total. The van der Waals surface area contributed by atoms with E-state index in [-0.39, 0.29) is 17.6 Å². The Labute approximate surface area is 146 Å². The molecule has 6 nitrogen and oxygen atoms in total. The summed E-state index contributed by atoms with van der Waals surface area (Å²) in [7, 11) is -3.90. The lowest BCUT2D eigenvalue weighted by molar-refractivity contribution is -0.192. The van der Waals surface area contributed by atoms with Gasteiger partial charge in [-0.15, -0.1) is 0 Å². The zero-order valence-electron chi connectivity index (χ0n) is 12.6. The largest absolute Gasteiger partial charge is 0.490 e. The maximum absolute atomic E-state index is 13.6. The van der Waals surface area contributed by atoms with E-state index >= 15 is 0 Å². The van der Waals surface area contributed by atoms with E-state index in [0.29, 0.717) is 5.92 Å². The molecule has 1 atom stereocenters. The summed E-state index contributed by atoms with van der Waals surface area (Å²) in [5.74, 6) is -3.32. The average molecular weight is 407 g/mol. The number of carboxylic acid groups (broad SMARTS) is 1. The summed E-state index contributed by atoms with van der Waals surface area (Å²) in [6.45, 7) is 0.110. The number of halogens is 5. The van der Waals surface area contributed by atoms with Gasteiger partial charge in [0.25, 0.3) is 0 Å². The van der Waals surface area contributed by atoms with Gasteiger partial charge in [0.1, 0.15) is 4.90 Å². The molecular formula is C13H15ClF4N2O4S. The highest BCUT2D eigenvalue weighted by Crippen LogP contribution is 2.31. The maximum atomic E-state index is 13.6. The van der Waals surface area contributed by atoms with Crippen LogP contribution in [0.25, 0.3) is 0 Å². The van der Waals surface area contributed by atoms with Crippen molar-refractivity contribution < 1.29 is 35.9 Å². The van der Waals surface area contributed by atoms with Crippen LogP contribution in [0, 0.1) is 11.7 Å². The van der Waals surface area contributed by atoms with Crippen LogP contribution in [-0.4, -0.2) is 38.3 Å². The van der Waals surface area contributed by atoms with E-state index in [1.54, 1.807) is 0 Å². The first-order chi connectivity index (χ1) is 11.4. The second-order valence-electron chi connectivity index (χ2n) is 5.21. The smallest absolute Gasteiger partial charge is 0.475 e. The second-order valence-corrected chi connectivity index (χ2v) is 7.35. The van der Waals surface area contributed by atoms with Crippen LogP contribution < -0.4 is 10.5 Å². The molecule has 1 fully saturated rings. The summed E-state index contributed by atoms with van der Waals surface area (Å²) in [5, 5.41) is 6.91. The quantitative estimate of drug-likeness (QED) is 0.649. The highest BCUT2D eigenvalue weighted by molar-refractivity contribution is 7.89. The van der Waals surface area contributed by atoms with E-state index in [2.05, 4.69) is 4.72 Å². The van der Waals surface area contributed by atoms with Crippen molar-refractivity contribution >= 4 is 27.6 Å². The van der Waals surface area contributed by atoms with Crippen molar-refractivity contribution in [2.24, 2.45) is 11.7 Å². The van der Waals surface area contributed by atoms with E-state index in [1.165, 1.54) is 18.2 Å². The molecule has 1 aromatic carbocycles. The van der Waals surface area contributed by atoms with Gasteiger partial charge in [-0.2, -0.15) is 13.2 Å². The number of carboxylic acids is 1. The molecule has 1 aliphatic rings. The number of rotatable bonds is 5. The lowest BCUT2D eigenvalue weighted by Gasteiger charge is -2.12. The normalized spacial score (nSPS) is 15.9. The molecule has 0 saturated heterocycles. The van der Waals surface area contributed by atoms with Crippen molar-refractivity contribution in [1.82, 2.24) is 4.72 Å². The Kier molecular flexibility index (Phi) is 7.18. The number of benzene rings is 1. The number of nitrogens with two attached hydrogens (primary N) is 1. The summed E-state index contributed by atoms with van der Waals surface area (Å²) in [6.07, 6.45) is -3.04. The molecule has 0 bridgehead atoms. The van der Waals surface area contributed by atoms with Crippen LogP contribution in [0.15, 0.2) is 23.1 Å². The molecule has 0 aromatic heterocycles. The first-order valence-corrected chi connectivity index (χ1v) is 8.71. The van der Waals surface area contributed by atoms with Gasteiger partial charge in [-0.05, 0) is 30.9 Å². The molecule has 12 heteroatoms. The van der Waals surface area contributed by atoms with Gasteiger partial charge in [0, 0.05) is 12.6 Å². The number of nitrogens with one attached hydrogen (secondary N) is 1. The number of alkyl halides is 3. The Morgan fingerprint density at radius 1 is 1.40 bits per heavy atom. The van der Waals surface area contributed by atoms with E-state index in [9.17, 15) is 26.0 Å². The lowest BCUT2D eigenvalue weighted by atomic mass is 10.2. The van der Waals surface area contributed by atoms with Gasteiger partial charge in [0.05, 0.1) is 5.02 Å². The summed E-state index contributed by atoms with van der Waals surface area (Å²) < 4.78 is 71.4. The van der Waals surface area contributed by atoms with Gasteiger partial charge in [0.2, 0.25) is 10.0 Å². The molecule has 1 unspecified atom stereocenters.